The molecule has 1 N–H and O–H groups in total. The van der Waals surface area contributed by atoms with E-state index in [0.717, 1.165) is 16.6 Å². The van der Waals surface area contributed by atoms with Crippen LogP contribution in [0.1, 0.15) is 43.6 Å². The van der Waals surface area contributed by atoms with Gasteiger partial charge in [0.2, 0.25) is 0 Å². The molecule has 1 fully saturated rings. The van der Waals surface area contributed by atoms with Crippen LogP contribution in [0.4, 0.5) is 0 Å². The topological polar surface area (TPSA) is 29.1 Å². The van der Waals surface area contributed by atoms with Crippen molar-refractivity contribution in [2.45, 2.75) is 34.6 Å². The Morgan fingerprint density at radius 3 is 2.32 bits per heavy atom. The van der Waals surface area contributed by atoms with Crippen LogP contribution in [0.15, 0.2) is 22.7 Å². The van der Waals surface area contributed by atoms with E-state index in [1.54, 1.807) is 0 Å². The first-order valence-corrected chi connectivity index (χ1v) is 7.51. The summed E-state index contributed by atoms with van der Waals surface area (Å²) in [7, 11) is 0. The van der Waals surface area contributed by atoms with Crippen LogP contribution in [0.3, 0.4) is 0 Å². The third kappa shape index (κ3) is 2.45. The largest absolute Gasteiger partial charge is 0.352 e. The van der Waals surface area contributed by atoms with E-state index in [0.29, 0.717) is 22.3 Å². The van der Waals surface area contributed by atoms with Crippen molar-refractivity contribution < 1.29 is 4.79 Å². The maximum atomic E-state index is 12.1. The Labute approximate surface area is 124 Å². The molecule has 0 spiro atoms. The molecule has 1 saturated carbocycles. The van der Waals surface area contributed by atoms with E-state index in [4.69, 9.17) is 0 Å². The maximum Gasteiger partial charge on any atom is 0.251 e. The zero-order valence-corrected chi connectivity index (χ0v) is 13.9. The van der Waals surface area contributed by atoms with Crippen molar-refractivity contribution in [3.05, 3.63) is 33.8 Å². The number of rotatable bonds is 3. The molecule has 3 heteroatoms. The Morgan fingerprint density at radius 2 is 1.84 bits per heavy atom. The van der Waals surface area contributed by atoms with Crippen molar-refractivity contribution in [2.75, 3.05) is 6.54 Å². The van der Waals surface area contributed by atoms with Gasteiger partial charge in [0.05, 0.1) is 0 Å². The van der Waals surface area contributed by atoms with Crippen molar-refractivity contribution in [3.63, 3.8) is 0 Å². The van der Waals surface area contributed by atoms with E-state index in [9.17, 15) is 4.79 Å². The van der Waals surface area contributed by atoms with Gasteiger partial charge in [-0.15, -0.1) is 0 Å². The number of amides is 1. The van der Waals surface area contributed by atoms with E-state index in [2.05, 4.69) is 48.9 Å². The summed E-state index contributed by atoms with van der Waals surface area (Å²) in [5, 5.41) is 3.06. The zero-order chi connectivity index (χ0) is 14.4. The van der Waals surface area contributed by atoms with E-state index >= 15 is 0 Å². The average molecular weight is 324 g/mol. The number of nitrogens with one attached hydrogen (secondary N) is 1. The number of carbonyl (C=O) groups is 1. The molecule has 0 unspecified atom stereocenters. The minimum Gasteiger partial charge on any atom is -0.352 e. The maximum absolute atomic E-state index is 12.1. The Bertz CT molecular complexity index is 505. The van der Waals surface area contributed by atoms with E-state index in [1.807, 2.05) is 25.1 Å². The van der Waals surface area contributed by atoms with Crippen molar-refractivity contribution >= 4 is 21.8 Å². The van der Waals surface area contributed by atoms with Gasteiger partial charge in [0.25, 0.3) is 5.91 Å². The Hall–Kier alpha value is -0.830. The fraction of sp³-hybridized carbons (Fsp3) is 0.562. The first-order chi connectivity index (χ1) is 8.68. The Balaban J connectivity index is 1.98. The lowest BCUT2D eigenvalue weighted by molar-refractivity contribution is 0.0950. The van der Waals surface area contributed by atoms with Gasteiger partial charge < -0.3 is 5.32 Å². The summed E-state index contributed by atoms with van der Waals surface area (Å²) in [5.41, 5.74) is 2.48. The van der Waals surface area contributed by atoms with Gasteiger partial charge in [-0.1, -0.05) is 49.7 Å². The number of benzene rings is 1. The molecule has 0 aromatic heterocycles. The lowest BCUT2D eigenvalue weighted by Crippen LogP contribution is -2.27. The summed E-state index contributed by atoms with van der Waals surface area (Å²) in [6, 6.07) is 5.72. The van der Waals surface area contributed by atoms with E-state index in [1.165, 1.54) is 0 Å². The molecule has 1 aromatic rings. The quantitative estimate of drug-likeness (QED) is 0.888. The van der Waals surface area contributed by atoms with Gasteiger partial charge in [0.15, 0.2) is 0 Å². The smallest absolute Gasteiger partial charge is 0.251 e. The summed E-state index contributed by atoms with van der Waals surface area (Å²) in [6.07, 6.45) is 0. The molecule has 1 aromatic carbocycles. The van der Waals surface area contributed by atoms with Crippen molar-refractivity contribution in [1.29, 1.82) is 0 Å². The first-order valence-electron chi connectivity index (χ1n) is 6.72. The van der Waals surface area contributed by atoms with Crippen LogP contribution in [0.5, 0.6) is 0 Å². The van der Waals surface area contributed by atoms with Crippen LogP contribution in [0.25, 0.3) is 0 Å². The fourth-order valence-corrected chi connectivity index (χ4v) is 3.25. The minimum absolute atomic E-state index is 0.0131. The molecule has 0 atom stereocenters. The summed E-state index contributed by atoms with van der Waals surface area (Å²) >= 11 is 3.46. The molecule has 0 aliphatic heterocycles. The lowest BCUT2D eigenvalue weighted by Gasteiger charge is -2.07. The SMILES string of the molecule is Cc1ccc(C(=O)NCC2C(C)(C)C2(C)C)cc1Br. The van der Waals surface area contributed by atoms with Gasteiger partial charge in [-0.2, -0.15) is 0 Å². The standard InChI is InChI=1S/C16H22BrNO/c1-10-6-7-11(8-12(10)17)14(19)18-9-13-15(2,3)16(13,4)5/h6-8,13H,9H2,1-5H3,(H,18,19). The van der Waals surface area contributed by atoms with Gasteiger partial charge in [0.1, 0.15) is 0 Å². The highest BCUT2D eigenvalue weighted by molar-refractivity contribution is 9.10. The van der Waals surface area contributed by atoms with Crippen LogP contribution in [0.2, 0.25) is 0 Å². The van der Waals surface area contributed by atoms with E-state index in [-0.39, 0.29) is 5.91 Å². The highest BCUT2D eigenvalue weighted by atomic mass is 79.9. The molecule has 0 saturated heterocycles. The predicted octanol–water partition coefficient (Wildman–Crippen LogP) is 4.17. The Morgan fingerprint density at radius 1 is 1.26 bits per heavy atom. The highest BCUT2D eigenvalue weighted by Gasteiger charge is 2.64. The molecule has 0 bridgehead atoms. The molecule has 0 radical (unpaired) electrons. The molecular weight excluding hydrogens is 302 g/mol. The van der Waals surface area contributed by atoms with Crippen LogP contribution >= 0.6 is 15.9 Å². The van der Waals surface area contributed by atoms with Gasteiger partial charge in [-0.25, -0.2) is 0 Å². The molecule has 1 aliphatic rings. The molecule has 0 heterocycles. The molecule has 2 rings (SSSR count). The molecule has 1 aliphatic carbocycles. The summed E-state index contributed by atoms with van der Waals surface area (Å²) in [6.45, 7) is 11.8. The number of halogens is 1. The predicted molar refractivity (Wildman–Crippen MR) is 82.3 cm³/mol. The summed E-state index contributed by atoms with van der Waals surface area (Å²) in [5.74, 6) is 0.567. The van der Waals surface area contributed by atoms with Gasteiger partial charge in [-0.05, 0) is 41.4 Å². The number of hydrogen-bond acceptors (Lipinski definition) is 1. The molecule has 104 valence electrons. The zero-order valence-electron chi connectivity index (χ0n) is 12.3. The number of aryl methyl sites for hydroxylation is 1. The van der Waals surface area contributed by atoms with Gasteiger partial charge in [0, 0.05) is 16.6 Å². The van der Waals surface area contributed by atoms with Gasteiger partial charge in [-0.3, -0.25) is 4.79 Å². The molecule has 1 amide bonds. The van der Waals surface area contributed by atoms with Crippen molar-refractivity contribution in [1.82, 2.24) is 5.32 Å². The second kappa shape index (κ2) is 4.62. The third-order valence-corrected chi connectivity index (χ3v) is 6.07. The summed E-state index contributed by atoms with van der Waals surface area (Å²) in [4.78, 5) is 12.1. The third-order valence-electron chi connectivity index (χ3n) is 5.22. The molecular formula is C16H22BrNO. The van der Waals surface area contributed by atoms with E-state index < -0.39 is 0 Å². The minimum atomic E-state index is 0.0131. The monoisotopic (exact) mass is 323 g/mol. The molecule has 19 heavy (non-hydrogen) atoms. The van der Waals surface area contributed by atoms with Crippen LogP contribution < -0.4 is 5.32 Å². The Kier molecular flexibility index (Phi) is 3.54. The fourth-order valence-electron chi connectivity index (χ4n) is 2.87. The van der Waals surface area contributed by atoms with Crippen molar-refractivity contribution in [2.24, 2.45) is 16.7 Å². The van der Waals surface area contributed by atoms with Crippen LogP contribution in [-0.4, -0.2) is 12.5 Å². The second-order valence-electron chi connectivity index (χ2n) is 6.67. The first kappa shape index (κ1) is 14.6. The van der Waals surface area contributed by atoms with Crippen molar-refractivity contribution in [3.8, 4) is 0 Å². The lowest BCUT2D eigenvalue weighted by atomic mass is 10.0. The molecule has 2 nitrogen and oxygen atoms in total. The number of hydrogen-bond donors (Lipinski definition) is 1. The normalized spacial score (nSPS) is 20.1. The number of carbonyl (C=O) groups excluding carboxylic acids is 1. The van der Waals surface area contributed by atoms with Crippen LogP contribution in [-0.2, 0) is 0 Å². The van der Waals surface area contributed by atoms with Gasteiger partial charge >= 0.3 is 0 Å². The van der Waals surface area contributed by atoms with Crippen LogP contribution in [0, 0.1) is 23.7 Å². The highest BCUT2D eigenvalue weighted by Crippen LogP contribution is 2.67. The second-order valence-corrected chi connectivity index (χ2v) is 7.52. The average Bonchev–Trinajstić information content (AvgIpc) is 2.70. The summed E-state index contributed by atoms with van der Waals surface area (Å²) < 4.78 is 0.979.